The number of carboxylic acid groups (broad SMARTS) is 1. The van der Waals surface area contributed by atoms with Gasteiger partial charge < -0.3 is 5.11 Å². The Kier molecular flexibility index (Phi) is 8.99. The molecule has 2 aromatic rings. The number of rotatable bonds is 11. The molecule has 1 saturated carbocycles. The molecule has 0 amide bonds. The first-order chi connectivity index (χ1) is 14.7. The van der Waals surface area contributed by atoms with E-state index in [0.717, 1.165) is 31.2 Å². The fraction of sp³-hybridized carbons (Fsp3) is 0.536. The van der Waals surface area contributed by atoms with Crippen LogP contribution in [-0.2, 0) is 17.6 Å². The molecule has 0 radical (unpaired) electrons. The van der Waals surface area contributed by atoms with Crippen molar-refractivity contribution >= 4 is 5.97 Å². The van der Waals surface area contributed by atoms with Gasteiger partial charge in [0.2, 0.25) is 0 Å². The van der Waals surface area contributed by atoms with Crippen molar-refractivity contribution in [3.63, 3.8) is 0 Å². The summed E-state index contributed by atoms with van der Waals surface area (Å²) in [5.41, 5.74) is 2.51. The molecule has 0 bridgehead atoms. The molecule has 3 atom stereocenters. The number of hydrogen-bond donors (Lipinski definition) is 1. The monoisotopic (exact) mass is 406 g/mol. The second-order valence-corrected chi connectivity index (χ2v) is 9.23. The minimum absolute atomic E-state index is 0.250. The summed E-state index contributed by atoms with van der Waals surface area (Å²) >= 11 is 0. The van der Waals surface area contributed by atoms with E-state index in [9.17, 15) is 9.90 Å². The maximum absolute atomic E-state index is 12.5. The van der Waals surface area contributed by atoms with Gasteiger partial charge in [0.1, 0.15) is 0 Å². The molecule has 0 aliphatic heterocycles. The molecule has 2 aromatic carbocycles. The zero-order valence-electron chi connectivity index (χ0n) is 18.5. The molecule has 2 heteroatoms. The molecule has 1 aliphatic rings. The van der Waals surface area contributed by atoms with Gasteiger partial charge in [0, 0.05) is 0 Å². The molecule has 3 rings (SSSR count). The van der Waals surface area contributed by atoms with Crippen molar-refractivity contribution in [3.05, 3.63) is 71.8 Å². The van der Waals surface area contributed by atoms with E-state index in [2.05, 4.69) is 49.4 Å². The highest BCUT2D eigenvalue weighted by atomic mass is 16.4. The minimum Gasteiger partial charge on any atom is -0.481 e. The largest absolute Gasteiger partial charge is 0.481 e. The lowest BCUT2D eigenvalue weighted by Gasteiger charge is -2.35. The SMILES string of the molecule is CCC(CCc1ccccc1)C(CC1CCCCC1)C(Cc1ccccc1)C(=O)O. The van der Waals surface area contributed by atoms with E-state index in [1.165, 1.54) is 37.7 Å². The van der Waals surface area contributed by atoms with Crippen LogP contribution in [0.1, 0.15) is 69.4 Å². The van der Waals surface area contributed by atoms with Crippen molar-refractivity contribution in [3.8, 4) is 0 Å². The molecule has 0 heterocycles. The molecule has 1 fully saturated rings. The molecule has 0 aromatic heterocycles. The van der Waals surface area contributed by atoms with Gasteiger partial charge in [0.15, 0.2) is 0 Å². The van der Waals surface area contributed by atoms with Gasteiger partial charge in [-0.1, -0.05) is 106 Å². The van der Waals surface area contributed by atoms with Crippen LogP contribution in [0.3, 0.4) is 0 Å². The van der Waals surface area contributed by atoms with Crippen LogP contribution in [0.25, 0.3) is 0 Å². The smallest absolute Gasteiger partial charge is 0.307 e. The second-order valence-electron chi connectivity index (χ2n) is 9.23. The highest BCUT2D eigenvalue weighted by Crippen LogP contribution is 2.39. The summed E-state index contributed by atoms with van der Waals surface area (Å²) in [6.45, 7) is 2.25. The van der Waals surface area contributed by atoms with Crippen molar-refractivity contribution in [1.82, 2.24) is 0 Å². The van der Waals surface area contributed by atoms with E-state index in [-0.39, 0.29) is 11.8 Å². The fourth-order valence-corrected chi connectivity index (χ4v) is 5.50. The third kappa shape index (κ3) is 6.72. The van der Waals surface area contributed by atoms with Gasteiger partial charge in [0.25, 0.3) is 0 Å². The summed E-state index contributed by atoms with van der Waals surface area (Å²) in [5.74, 6) is 0.497. The first-order valence-corrected chi connectivity index (χ1v) is 12.0. The maximum atomic E-state index is 12.5. The van der Waals surface area contributed by atoms with Gasteiger partial charge in [-0.25, -0.2) is 0 Å². The first kappa shape index (κ1) is 22.6. The van der Waals surface area contributed by atoms with Crippen LogP contribution in [0, 0.1) is 23.7 Å². The number of hydrogen-bond acceptors (Lipinski definition) is 1. The summed E-state index contributed by atoms with van der Waals surface area (Å²) in [7, 11) is 0. The molecular weight excluding hydrogens is 368 g/mol. The summed E-state index contributed by atoms with van der Waals surface area (Å²) in [5, 5.41) is 10.3. The van der Waals surface area contributed by atoms with Crippen molar-refractivity contribution in [2.75, 3.05) is 0 Å². The Morgan fingerprint density at radius 1 is 0.933 bits per heavy atom. The molecule has 0 saturated heterocycles. The first-order valence-electron chi connectivity index (χ1n) is 12.0. The summed E-state index contributed by atoms with van der Waals surface area (Å²) in [4.78, 5) is 12.5. The molecule has 30 heavy (non-hydrogen) atoms. The van der Waals surface area contributed by atoms with Crippen LogP contribution in [0.2, 0.25) is 0 Å². The van der Waals surface area contributed by atoms with Crippen molar-refractivity contribution in [2.24, 2.45) is 23.7 Å². The van der Waals surface area contributed by atoms with Gasteiger partial charge in [-0.2, -0.15) is 0 Å². The van der Waals surface area contributed by atoms with E-state index in [4.69, 9.17) is 0 Å². The fourth-order valence-electron chi connectivity index (χ4n) is 5.50. The van der Waals surface area contributed by atoms with E-state index in [1.54, 1.807) is 0 Å². The molecule has 162 valence electrons. The second kappa shape index (κ2) is 11.9. The van der Waals surface area contributed by atoms with Crippen molar-refractivity contribution in [1.29, 1.82) is 0 Å². The minimum atomic E-state index is -0.613. The Balaban J connectivity index is 1.79. The van der Waals surface area contributed by atoms with E-state index < -0.39 is 5.97 Å². The molecule has 3 unspecified atom stereocenters. The number of benzene rings is 2. The number of carboxylic acids is 1. The molecule has 2 nitrogen and oxygen atoms in total. The van der Waals surface area contributed by atoms with Crippen LogP contribution in [0.5, 0.6) is 0 Å². The lowest BCUT2D eigenvalue weighted by molar-refractivity contribution is -0.145. The molecule has 1 aliphatic carbocycles. The summed E-state index contributed by atoms with van der Waals surface area (Å²) < 4.78 is 0. The van der Waals surface area contributed by atoms with Crippen LogP contribution in [0.4, 0.5) is 0 Å². The third-order valence-electron chi connectivity index (χ3n) is 7.24. The zero-order chi connectivity index (χ0) is 21.2. The zero-order valence-corrected chi connectivity index (χ0v) is 18.5. The Morgan fingerprint density at radius 2 is 1.53 bits per heavy atom. The van der Waals surface area contributed by atoms with E-state index >= 15 is 0 Å². The molecule has 0 spiro atoms. The average molecular weight is 407 g/mol. The lowest BCUT2D eigenvalue weighted by atomic mass is 9.69. The number of carbonyl (C=O) groups is 1. The van der Waals surface area contributed by atoms with Crippen LogP contribution < -0.4 is 0 Å². The van der Waals surface area contributed by atoms with Gasteiger partial charge in [0.05, 0.1) is 5.92 Å². The van der Waals surface area contributed by atoms with Crippen molar-refractivity contribution < 1.29 is 9.90 Å². The van der Waals surface area contributed by atoms with Gasteiger partial charge in [-0.3, -0.25) is 4.79 Å². The predicted molar refractivity (Wildman–Crippen MR) is 124 cm³/mol. The van der Waals surface area contributed by atoms with Gasteiger partial charge in [-0.15, -0.1) is 0 Å². The Hall–Kier alpha value is -2.09. The molecule has 1 N–H and O–H groups in total. The normalized spacial score (nSPS) is 17.9. The highest BCUT2D eigenvalue weighted by Gasteiger charge is 2.35. The Labute approximate surface area is 182 Å². The third-order valence-corrected chi connectivity index (χ3v) is 7.24. The summed E-state index contributed by atoms with van der Waals surface area (Å²) in [6.07, 6.45) is 11.4. The van der Waals surface area contributed by atoms with E-state index in [1.807, 2.05) is 18.2 Å². The standard InChI is InChI=1S/C28H38O2/c1-2-25(19-18-22-12-6-3-7-13-22)26(20-23-14-8-4-9-15-23)27(28(29)30)21-24-16-10-5-11-17-24/h3,5-7,10-13,16-17,23,25-27H,2,4,8-9,14-15,18-21H2,1H3,(H,29,30). The summed E-state index contributed by atoms with van der Waals surface area (Å²) in [6, 6.07) is 20.9. The van der Waals surface area contributed by atoms with Gasteiger partial charge in [-0.05, 0) is 54.6 Å². The Bertz CT molecular complexity index is 734. The van der Waals surface area contributed by atoms with Crippen LogP contribution in [-0.4, -0.2) is 11.1 Å². The quantitative estimate of drug-likeness (QED) is 0.429. The average Bonchev–Trinajstić information content (AvgIpc) is 2.79. The number of aliphatic carboxylic acids is 1. The predicted octanol–water partition coefficient (Wildman–Crippen LogP) is 7.18. The van der Waals surface area contributed by atoms with Crippen molar-refractivity contribution in [2.45, 2.75) is 71.1 Å². The highest BCUT2D eigenvalue weighted by molar-refractivity contribution is 5.71. The van der Waals surface area contributed by atoms with Crippen LogP contribution in [0.15, 0.2) is 60.7 Å². The topological polar surface area (TPSA) is 37.3 Å². The van der Waals surface area contributed by atoms with Gasteiger partial charge >= 0.3 is 5.97 Å². The lowest BCUT2D eigenvalue weighted by Crippen LogP contribution is -2.33. The number of aryl methyl sites for hydroxylation is 1. The molecular formula is C28H38O2. The maximum Gasteiger partial charge on any atom is 0.307 e. The Morgan fingerprint density at radius 3 is 2.10 bits per heavy atom. The van der Waals surface area contributed by atoms with E-state index in [0.29, 0.717) is 18.3 Å². The van der Waals surface area contributed by atoms with Crippen LogP contribution >= 0.6 is 0 Å².